The number of rotatable bonds is 2. The second-order valence-electron chi connectivity index (χ2n) is 3.75. The summed E-state index contributed by atoms with van der Waals surface area (Å²) >= 11 is 5.75. The van der Waals surface area contributed by atoms with E-state index in [4.69, 9.17) is 16.3 Å². The lowest BCUT2D eigenvalue weighted by Crippen LogP contribution is -2.61. The lowest BCUT2D eigenvalue weighted by molar-refractivity contribution is -0.0171. The van der Waals surface area contributed by atoms with Gasteiger partial charge in [0.05, 0.1) is 5.60 Å². The minimum absolute atomic E-state index is 0.0340. The quantitative estimate of drug-likeness (QED) is 0.698. The molecule has 0 amide bonds. The Morgan fingerprint density at radius 2 is 2.36 bits per heavy atom. The van der Waals surface area contributed by atoms with E-state index in [9.17, 15) is 0 Å². The van der Waals surface area contributed by atoms with Crippen LogP contribution < -0.4 is 4.90 Å². The Morgan fingerprint density at radius 3 is 2.93 bits per heavy atom. The predicted molar refractivity (Wildman–Crippen MR) is 55.7 cm³/mol. The van der Waals surface area contributed by atoms with Crippen molar-refractivity contribution in [2.24, 2.45) is 0 Å². The summed E-state index contributed by atoms with van der Waals surface area (Å²) in [6.07, 6.45) is 0. The van der Waals surface area contributed by atoms with Gasteiger partial charge in [-0.25, -0.2) is 4.98 Å². The molecular formula is C10H12ClN2O. The van der Waals surface area contributed by atoms with Gasteiger partial charge in [-0.15, -0.1) is 0 Å². The maximum absolute atomic E-state index is 5.75. The Balaban J connectivity index is 2.06. The third-order valence-corrected chi connectivity index (χ3v) is 2.71. The number of nitrogens with zero attached hydrogens (tertiary/aromatic N) is 2. The highest BCUT2D eigenvalue weighted by Crippen LogP contribution is 2.28. The topological polar surface area (TPSA) is 25.4 Å². The van der Waals surface area contributed by atoms with Gasteiger partial charge in [-0.2, -0.15) is 0 Å². The van der Waals surface area contributed by atoms with Crippen LogP contribution in [-0.4, -0.2) is 30.8 Å². The van der Waals surface area contributed by atoms with Crippen LogP contribution in [0.2, 0.25) is 5.15 Å². The fourth-order valence-electron chi connectivity index (χ4n) is 1.58. The van der Waals surface area contributed by atoms with E-state index in [2.05, 4.69) is 22.9 Å². The first kappa shape index (κ1) is 9.74. The number of halogens is 1. The molecule has 1 radical (unpaired) electrons. The zero-order valence-corrected chi connectivity index (χ0v) is 9.01. The summed E-state index contributed by atoms with van der Waals surface area (Å²) in [4.78, 5) is 6.30. The van der Waals surface area contributed by atoms with Gasteiger partial charge < -0.3 is 9.64 Å². The van der Waals surface area contributed by atoms with Gasteiger partial charge in [0.25, 0.3) is 0 Å². The molecule has 0 aromatic carbocycles. The number of pyridine rings is 1. The van der Waals surface area contributed by atoms with Crippen molar-refractivity contribution in [1.82, 2.24) is 4.98 Å². The molecule has 1 aliphatic heterocycles. The number of anilines is 1. The van der Waals surface area contributed by atoms with E-state index < -0.39 is 0 Å². The van der Waals surface area contributed by atoms with Crippen LogP contribution >= 0.6 is 11.6 Å². The van der Waals surface area contributed by atoms with E-state index >= 15 is 0 Å². The first-order chi connectivity index (χ1) is 6.63. The van der Waals surface area contributed by atoms with Gasteiger partial charge in [0.2, 0.25) is 0 Å². The summed E-state index contributed by atoms with van der Waals surface area (Å²) in [7, 11) is 1.73. The molecule has 0 aliphatic carbocycles. The lowest BCUT2D eigenvalue weighted by Gasteiger charge is -2.47. The van der Waals surface area contributed by atoms with Gasteiger partial charge in [-0.05, 0) is 19.1 Å². The lowest BCUT2D eigenvalue weighted by atomic mass is 9.96. The molecule has 1 aliphatic rings. The minimum Gasteiger partial charge on any atom is -0.375 e. The van der Waals surface area contributed by atoms with Gasteiger partial charge >= 0.3 is 0 Å². The van der Waals surface area contributed by atoms with E-state index in [0.717, 1.165) is 18.9 Å². The van der Waals surface area contributed by atoms with Gasteiger partial charge in [-0.3, -0.25) is 0 Å². The SMILES string of the molecule is COC1(C)CN(c2cc[c]c(Cl)n2)C1. The molecule has 1 saturated heterocycles. The smallest absolute Gasteiger partial charge is 0.139 e. The second kappa shape index (κ2) is 3.41. The van der Waals surface area contributed by atoms with Crippen LogP contribution in [0.5, 0.6) is 0 Å². The summed E-state index contributed by atoms with van der Waals surface area (Å²) in [6.45, 7) is 3.80. The van der Waals surface area contributed by atoms with E-state index in [0.29, 0.717) is 5.15 Å². The molecule has 14 heavy (non-hydrogen) atoms. The molecular weight excluding hydrogens is 200 g/mol. The second-order valence-corrected chi connectivity index (χ2v) is 4.11. The van der Waals surface area contributed by atoms with Gasteiger partial charge in [0, 0.05) is 26.3 Å². The zero-order valence-electron chi connectivity index (χ0n) is 8.25. The molecule has 0 atom stereocenters. The molecule has 1 aromatic heterocycles. The summed E-state index contributed by atoms with van der Waals surface area (Å²) in [5, 5.41) is 0.411. The molecule has 4 heteroatoms. The van der Waals surface area contributed by atoms with Crippen molar-refractivity contribution in [2.45, 2.75) is 12.5 Å². The van der Waals surface area contributed by atoms with Crippen LogP contribution in [0.25, 0.3) is 0 Å². The standard InChI is InChI=1S/C10H12ClN2O/c1-10(14-2)6-13(7-10)9-5-3-4-8(11)12-9/h3,5H,6-7H2,1-2H3. The number of methoxy groups -OCH3 is 1. The van der Waals surface area contributed by atoms with Crippen LogP contribution in [0.4, 0.5) is 5.82 Å². The van der Waals surface area contributed by atoms with E-state index in [1.165, 1.54) is 0 Å². The average molecular weight is 212 g/mol. The molecule has 2 rings (SSSR count). The Labute approximate surface area is 88.6 Å². The number of hydrogen-bond donors (Lipinski definition) is 0. The van der Waals surface area contributed by atoms with Crippen LogP contribution in [0.3, 0.4) is 0 Å². The average Bonchev–Trinajstić information content (AvgIpc) is 2.13. The summed E-state index contributed by atoms with van der Waals surface area (Å²) in [5.74, 6) is 0.892. The molecule has 2 heterocycles. The molecule has 0 N–H and O–H groups in total. The molecule has 0 unspecified atom stereocenters. The highest BCUT2D eigenvalue weighted by atomic mass is 35.5. The number of aromatic nitrogens is 1. The van der Waals surface area contributed by atoms with Crippen LogP contribution in [0, 0.1) is 6.07 Å². The van der Waals surface area contributed by atoms with Crippen molar-refractivity contribution in [3.63, 3.8) is 0 Å². The largest absolute Gasteiger partial charge is 0.375 e. The monoisotopic (exact) mass is 211 g/mol. The Hall–Kier alpha value is -0.800. The first-order valence-electron chi connectivity index (χ1n) is 4.47. The summed E-state index contributed by atoms with van der Waals surface area (Å²) in [6, 6.07) is 6.49. The molecule has 3 nitrogen and oxygen atoms in total. The maximum atomic E-state index is 5.75. The molecule has 75 valence electrons. The van der Waals surface area contributed by atoms with Gasteiger partial charge in [0.1, 0.15) is 11.0 Å². The van der Waals surface area contributed by atoms with Crippen molar-refractivity contribution < 1.29 is 4.74 Å². The minimum atomic E-state index is -0.0340. The van der Waals surface area contributed by atoms with Crippen LogP contribution in [0.15, 0.2) is 12.1 Å². The van der Waals surface area contributed by atoms with Crippen LogP contribution in [0.1, 0.15) is 6.92 Å². The Morgan fingerprint density at radius 1 is 1.64 bits per heavy atom. The highest BCUT2D eigenvalue weighted by molar-refractivity contribution is 6.29. The molecule has 0 spiro atoms. The fourth-order valence-corrected chi connectivity index (χ4v) is 1.73. The number of hydrogen-bond acceptors (Lipinski definition) is 3. The van der Waals surface area contributed by atoms with Crippen LogP contribution in [-0.2, 0) is 4.74 Å². The van der Waals surface area contributed by atoms with Crippen molar-refractivity contribution in [2.75, 3.05) is 25.1 Å². The molecule has 1 aromatic rings. The van der Waals surface area contributed by atoms with E-state index in [1.807, 2.05) is 6.07 Å². The van der Waals surface area contributed by atoms with Crippen molar-refractivity contribution in [3.05, 3.63) is 23.4 Å². The third-order valence-electron chi connectivity index (χ3n) is 2.52. The number of ether oxygens (including phenoxy) is 1. The highest BCUT2D eigenvalue weighted by Gasteiger charge is 2.39. The fraction of sp³-hybridized carbons (Fsp3) is 0.500. The zero-order chi connectivity index (χ0) is 10.2. The maximum Gasteiger partial charge on any atom is 0.139 e. The molecule has 0 bridgehead atoms. The first-order valence-corrected chi connectivity index (χ1v) is 4.85. The predicted octanol–water partition coefficient (Wildman–Crippen LogP) is 1.76. The summed E-state index contributed by atoms with van der Waals surface area (Å²) < 4.78 is 5.35. The normalized spacial score (nSPS) is 19.2. The third kappa shape index (κ3) is 1.70. The molecule has 0 saturated carbocycles. The van der Waals surface area contributed by atoms with E-state index in [-0.39, 0.29) is 5.60 Å². The van der Waals surface area contributed by atoms with E-state index in [1.54, 1.807) is 13.2 Å². The molecule has 1 fully saturated rings. The van der Waals surface area contributed by atoms with Gasteiger partial charge in [-0.1, -0.05) is 11.6 Å². The summed E-state index contributed by atoms with van der Waals surface area (Å²) in [5.41, 5.74) is -0.0340. The van der Waals surface area contributed by atoms with Crippen molar-refractivity contribution >= 4 is 17.4 Å². The van der Waals surface area contributed by atoms with Crippen molar-refractivity contribution in [3.8, 4) is 0 Å². The van der Waals surface area contributed by atoms with Crippen molar-refractivity contribution in [1.29, 1.82) is 0 Å². The Bertz CT molecular complexity index is 337. The Kier molecular flexibility index (Phi) is 2.37. The van der Waals surface area contributed by atoms with Gasteiger partial charge in [0.15, 0.2) is 0 Å².